The Morgan fingerprint density at radius 1 is 1.18 bits per heavy atom. The fourth-order valence-corrected chi connectivity index (χ4v) is 1.10. The molecule has 0 nitrogen and oxygen atoms in total. The van der Waals surface area contributed by atoms with Gasteiger partial charge in [-0.25, -0.2) is 8.78 Å². The van der Waals surface area contributed by atoms with Crippen molar-refractivity contribution in [1.82, 2.24) is 0 Å². The third-order valence-corrected chi connectivity index (χ3v) is 1.84. The van der Waals surface area contributed by atoms with E-state index in [9.17, 15) is 8.78 Å². The molecule has 0 aromatic carbocycles. The Labute approximate surface area is 89.7 Å². The number of rotatable bonds is 0. The van der Waals surface area contributed by atoms with Crippen molar-refractivity contribution in [1.29, 1.82) is 0 Å². The largest absolute Gasteiger partial charge is 0.340 e. The van der Waals surface area contributed by atoms with Crippen molar-refractivity contribution in [3.8, 4) is 0 Å². The van der Waals surface area contributed by atoms with Crippen LogP contribution < -0.4 is 0 Å². The molecule has 0 atom stereocenters. The van der Waals surface area contributed by atoms with Crippen LogP contribution in [0.5, 0.6) is 0 Å². The Hall–Kier alpha value is 0.963. The summed E-state index contributed by atoms with van der Waals surface area (Å²) < 4.78 is 24.7. The molecule has 0 aliphatic heterocycles. The van der Waals surface area contributed by atoms with Gasteiger partial charge in [0.15, 0.2) is 0 Å². The first kappa shape index (κ1) is 14.5. The van der Waals surface area contributed by atoms with E-state index >= 15 is 0 Å². The topological polar surface area (TPSA) is 0 Å². The van der Waals surface area contributed by atoms with E-state index < -0.39 is 5.92 Å². The predicted octanol–water partition coefficient (Wildman–Crippen LogP) is 3.22. The van der Waals surface area contributed by atoms with Crippen LogP contribution in [0.3, 0.4) is 0 Å². The first-order valence-electron chi connectivity index (χ1n) is 3.31. The maximum atomic E-state index is 12.4. The summed E-state index contributed by atoms with van der Waals surface area (Å²) >= 11 is 0. The Kier molecular flexibility index (Phi) is 7.35. The molecule has 4 heteroatoms. The van der Waals surface area contributed by atoms with Crippen LogP contribution in [-0.4, -0.2) is 5.92 Å². The summed E-state index contributed by atoms with van der Waals surface area (Å²) in [5.74, 6) is -2.11. The molecule has 0 radical (unpaired) electrons. The van der Waals surface area contributed by atoms with E-state index in [4.69, 9.17) is 0 Å². The quantitative estimate of drug-likeness (QED) is 0.472. The first-order chi connectivity index (χ1) is 4.10. The third-order valence-electron chi connectivity index (χ3n) is 1.84. The maximum Gasteiger partial charge on any atom is 0.248 e. The summed E-state index contributed by atoms with van der Waals surface area (Å²) in [5, 5.41) is 0. The second-order valence-electron chi connectivity index (χ2n) is 2.80. The zero-order chi connectivity index (χ0) is 6.91. The molecule has 0 unspecified atom stereocenters. The van der Waals surface area contributed by atoms with E-state index in [1.807, 2.05) is 0 Å². The van der Waals surface area contributed by atoms with Crippen molar-refractivity contribution in [3.05, 3.63) is 6.92 Å². The van der Waals surface area contributed by atoms with Gasteiger partial charge in [0.1, 0.15) is 0 Å². The van der Waals surface area contributed by atoms with Gasteiger partial charge in [0, 0.05) is 32.3 Å². The molecule has 0 aromatic heterocycles. The molecule has 0 N–H and O–H groups in total. The molecule has 1 rings (SSSR count). The van der Waals surface area contributed by atoms with Gasteiger partial charge in [-0.2, -0.15) is 5.92 Å². The molecule has 0 amide bonds. The molecule has 1 fully saturated rings. The number of halogens is 3. The molecule has 64 valence electrons. The molecule has 11 heavy (non-hydrogen) atoms. The SMILES string of the molecule is Br.[CH2-]C1CCC(F)(F)CC1.[Zn]. The van der Waals surface area contributed by atoms with E-state index in [0.29, 0.717) is 12.8 Å². The summed E-state index contributed by atoms with van der Waals surface area (Å²) in [5.41, 5.74) is 0. The van der Waals surface area contributed by atoms with Crippen molar-refractivity contribution in [2.75, 3.05) is 0 Å². The summed E-state index contributed by atoms with van der Waals surface area (Å²) in [7, 11) is 0. The van der Waals surface area contributed by atoms with Crippen LogP contribution in [0.1, 0.15) is 25.7 Å². The maximum absolute atomic E-state index is 12.4. The third kappa shape index (κ3) is 5.24. The van der Waals surface area contributed by atoms with Gasteiger partial charge in [-0.15, -0.1) is 17.0 Å². The molecule has 0 bridgehead atoms. The van der Waals surface area contributed by atoms with Gasteiger partial charge in [-0.3, -0.25) is 0 Å². The zero-order valence-electron chi connectivity index (χ0n) is 6.48. The minimum atomic E-state index is -2.38. The van der Waals surface area contributed by atoms with Gasteiger partial charge in [-0.1, -0.05) is 12.8 Å². The smallest absolute Gasteiger partial charge is 0.248 e. The summed E-state index contributed by atoms with van der Waals surface area (Å²) in [6.07, 6.45) is 1.27. The Morgan fingerprint density at radius 2 is 1.55 bits per heavy atom. The minimum absolute atomic E-state index is 0. The van der Waals surface area contributed by atoms with Crippen LogP contribution in [0.15, 0.2) is 0 Å². The van der Waals surface area contributed by atoms with Crippen molar-refractivity contribution in [2.24, 2.45) is 5.92 Å². The molecule has 1 saturated carbocycles. The van der Waals surface area contributed by atoms with Gasteiger partial charge in [-0.05, 0) is 0 Å². The molecule has 0 saturated heterocycles. The standard InChI is InChI=1S/C7H11F2.BrH.Zn/c1-6-2-4-7(8,9)5-3-6;;/h6H,1-5H2;1H;/q-1;;. The van der Waals surface area contributed by atoms with Gasteiger partial charge in [0.2, 0.25) is 5.92 Å². The molecule has 0 spiro atoms. The van der Waals surface area contributed by atoms with Gasteiger partial charge >= 0.3 is 0 Å². The van der Waals surface area contributed by atoms with E-state index in [-0.39, 0.29) is 55.2 Å². The normalized spacial score (nSPS) is 23.2. The molecule has 1 aliphatic rings. The van der Waals surface area contributed by atoms with Crippen molar-refractivity contribution >= 4 is 17.0 Å². The summed E-state index contributed by atoms with van der Waals surface area (Å²) in [6.45, 7) is 3.73. The van der Waals surface area contributed by atoms with Crippen LogP contribution in [0, 0.1) is 12.8 Å². The van der Waals surface area contributed by atoms with Gasteiger partial charge in [0.05, 0.1) is 0 Å². The molecular formula is C7H12BrF2Zn-. The molecular weight excluding hydrogens is 267 g/mol. The number of hydrogen-bond acceptors (Lipinski definition) is 0. The van der Waals surface area contributed by atoms with Crippen molar-refractivity contribution in [3.63, 3.8) is 0 Å². The van der Waals surface area contributed by atoms with E-state index in [1.165, 1.54) is 0 Å². The summed E-state index contributed by atoms with van der Waals surface area (Å²) in [6, 6.07) is 0. The Bertz CT molecular complexity index is 98.6. The van der Waals surface area contributed by atoms with E-state index in [2.05, 4.69) is 6.92 Å². The predicted molar refractivity (Wildman–Crippen MR) is 42.6 cm³/mol. The van der Waals surface area contributed by atoms with Crippen molar-refractivity contribution < 1.29 is 28.3 Å². The van der Waals surface area contributed by atoms with E-state index in [1.54, 1.807) is 0 Å². The Balaban J connectivity index is 0. The van der Waals surface area contributed by atoms with Gasteiger partial charge in [0.25, 0.3) is 0 Å². The number of hydrogen-bond donors (Lipinski definition) is 0. The van der Waals surface area contributed by atoms with Crippen LogP contribution >= 0.6 is 17.0 Å². The summed E-state index contributed by atoms with van der Waals surface area (Å²) in [4.78, 5) is 0. The van der Waals surface area contributed by atoms with Crippen molar-refractivity contribution in [2.45, 2.75) is 31.6 Å². The van der Waals surface area contributed by atoms with Crippen LogP contribution in [0.4, 0.5) is 8.78 Å². The second-order valence-corrected chi connectivity index (χ2v) is 2.80. The van der Waals surface area contributed by atoms with Crippen LogP contribution in [0.2, 0.25) is 0 Å². The van der Waals surface area contributed by atoms with Crippen LogP contribution in [-0.2, 0) is 19.5 Å². The number of alkyl halides is 2. The average molecular weight is 279 g/mol. The molecule has 1 aliphatic carbocycles. The average Bonchev–Trinajstić information content (AvgIpc) is 1.78. The monoisotopic (exact) mass is 277 g/mol. The van der Waals surface area contributed by atoms with E-state index in [0.717, 1.165) is 0 Å². The van der Waals surface area contributed by atoms with Crippen LogP contribution in [0.25, 0.3) is 0 Å². The second kappa shape index (κ2) is 5.58. The minimum Gasteiger partial charge on any atom is -0.340 e. The van der Waals surface area contributed by atoms with Gasteiger partial charge < -0.3 is 6.92 Å². The molecule has 0 aromatic rings. The zero-order valence-corrected chi connectivity index (χ0v) is 11.2. The first-order valence-corrected chi connectivity index (χ1v) is 3.31. The Morgan fingerprint density at radius 3 is 1.82 bits per heavy atom. The fraction of sp³-hybridized carbons (Fsp3) is 0.857. The fourth-order valence-electron chi connectivity index (χ4n) is 1.10. The molecule has 0 heterocycles.